The quantitative estimate of drug-likeness (QED) is 0.421. The Kier molecular flexibility index (Phi) is 8.15. The zero-order chi connectivity index (χ0) is 20.0. The molecule has 8 heteroatoms. The topological polar surface area (TPSA) is 84.4 Å². The smallest absolute Gasteiger partial charge is 0.412 e. The molecular weight excluding hydrogens is 336 g/mol. The largest absolute Gasteiger partial charge is 0.444 e. The molecule has 1 aliphatic heterocycles. The minimum Gasteiger partial charge on any atom is -0.444 e. The van der Waals surface area contributed by atoms with E-state index in [1.165, 1.54) is 0 Å². The van der Waals surface area contributed by atoms with Crippen LogP contribution in [0.4, 0.5) is 4.79 Å². The third kappa shape index (κ3) is 6.64. The molecule has 26 heavy (non-hydrogen) atoms. The first-order valence-electron chi connectivity index (χ1n) is 9.24. The number of rotatable bonds is 6. The Morgan fingerprint density at radius 2 is 1.96 bits per heavy atom. The zero-order valence-corrected chi connectivity index (χ0v) is 17.5. The van der Waals surface area contributed by atoms with Gasteiger partial charge in [0.2, 0.25) is 0 Å². The molecule has 2 unspecified atom stereocenters. The SMILES string of the molecule is CCOCCNC(=NC)NCC1C(C)OC(C)(C)N1C(=O)OC(C)(C)C. The van der Waals surface area contributed by atoms with Gasteiger partial charge in [-0.05, 0) is 48.5 Å². The van der Waals surface area contributed by atoms with Gasteiger partial charge < -0.3 is 24.8 Å². The summed E-state index contributed by atoms with van der Waals surface area (Å²) in [6.45, 7) is 15.7. The highest BCUT2D eigenvalue weighted by molar-refractivity contribution is 5.79. The van der Waals surface area contributed by atoms with Gasteiger partial charge >= 0.3 is 6.09 Å². The number of nitrogens with one attached hydrogen (secondary N) is 2. The van der Waals surface area contributed by atoms with E-state index < -0.39 is 11.3 Å². The van der Waals surface area contributed by atoms with Crippen LogP contribution in [-0.4, -0.2) is 73.8 Å². The summed E-state index contributed by atoms with van der Waals surface area (Å²) in [5.74, 6) is 0.658. The molecule has 0 aromatic carbocycles. The Morgan fingerprint density at radius 1 is 1.31 bits per heavy atom. The van der Waals surface area contributed by atoms with E-state index in [-0.39, 0.29) is 18.2 Å². The van der Waals surface area contributed by atoms with Gasteiger partial charge in [0.05, 0.1) is 18.8 Å². The number of amides is 1. The van der Waals surface area contributed by atoms with Crippen LogP contribution in [-0.2, 0) is 14.2 Å². The van der Waals surface area contributed by atoms with Crippen LogP contribution in [0.3, 0.4) is 0 Å². The van der Waals surface area contributed by atoms with Crippen molar-refractivity contribution < 1.29 is 19.0 Å². The summed E-state index contributed by atoms with van der Waals surface area (Å²) in [6.07, 6.45) is -0.510. The van der Waals surface area contributed by atoms with Gasteiger partial charge in [-0.2, -0.15) is 0 Å². The highest BCUT2D eigenvalue weighted by Gasteiger charge is 2.49. The van der Waals surface area contributed by atoms with Crippen LogP contribution in [0.1, 0.15) is 48.5 Å². The van der Waals surface area contributed by atoms with Gasteiger partial charge in [0.15, 0.2) is 5.96 Å². The Labute approximate surface area is 157 Å². The van der Waals surface area contributed by atoms with Crippen molar-refractivity contribution in [1.82, 2.24) is 15.5 Å². The van der Waals surface area contributed by atoms with Crippen molar-refractivity contribution in [3.8, 4) is 0 Å². The van der Waals surface area contributed by atoms with E-state index in [0.717, 1.165) is 0 Å². The van der Waals surface area contributed by atoms with Crippen LogP contribution >= 0.6 is 0 Å². The van der Waals surface area contributed by atoms with Gasteiger partial charge in [0.25, 0.3) is 0 Å². The predicted octanol–water partition coefficient (Wildman–Crippen LogP) is 1.95. The molecule has 0 bridgehead atoms. The van der Waals surface area contributed by atoms with E-state index in [4.69, 9.17) is 14.2 Å². The summed E-state index contributed by atoms with van der Waals surface area (Å²) in [5.41, 5.74) is -1.30. The molecule has 2 atom stereocenters. The van der Waals surface area contributed by atoms with Crippen molar-refractivity contribution >= 4 is 12.1 Å². The Balaban J connectivity index is 2.73. The number of hydrogen-bond donors (Lipinski definition) is 2. The average Bonchev–Trinajstić information content (AvgIpc) is 2.73. The lowest BCUT2D eigenvalue weighted by atomic mass is 10.1. The summed E-state index contributed by atoms with van der Waals surface area (Å²) >= 11 is 0. The maximum Gasteiger partial charge on any atom is 0.412 e. The highest BCUT2D eigenvalue weighted by atomic mass is 16.6. The standard InChI is InChI=1S/C18H36N4O4/c1-9-24-11-10-20-15(19-8)21-12-14-13(2)25-18(6,7)22(14)16(23)26-17(3,4)5/h13-14H,9-12H2,1-8H3,(H2,19,20,21). The maximum atomic E-state index is 12.7. The summed E-state index contributed by atoms with van der Waals surface area (Å²) in [4.78, 5) is 18.6. The normalized spacial score (nSPS) is 23.1. The third-order valence-corrected chi connectivity index (χ3v) is 3.96. The van der Waals surface area contributed by atoms with Crippen molar-refractivity contribution in [3.05, 3.63) is 0 Å². The predicted molar refractivity (Wildman–Crippen MR) is 102 cm³/mol. The molecule has 1 amide bonds. The second kappa shape index (κ2) is 9.41. The van der Waals surface area contributed by atoms with Crippen LogP contribution in [0.2, 0.25) is 0 Å². The summed E-state index contributed by atoms with van der Waals surface area (Å²) in [7, 11) is 1.71. The molecule has 2 N–H and O–H groups in total. The highest BCUT2D eigenvalue weighted by Crippen LogP contribution is 2.33. The maximum absolute atomic E-state index is 12.7. The van der Waals surface area contributed by atoms with Crippen LogP contribution in [0.5, 0.6) is 0 Å². The minimum absolute atomic E-state index is 0.133. The number of hydrogen-bond acceptors (Lipinski definition) is 5. The molecule has 0 spiro atoms. The number of aliphatic imine (C=N–C) groups is 1. The monoisotopic (exact) mass is 372 g/mol. The molecular formula is C18H36N4O4. The number of nitrogens with zero attached hydrogens (tertiary/aromatic N) is 2. The Hall–Kier alpha value is -1.54. The summed E-state index contributed by atoms with van der Waals surface area (Å²) in [5, 5.41) is 6.44. The molecule has 0 radical (unpaired) electrons. The Bertz CT molecular complexity index is 488. The van der Waals surface area contributed by atoms with Crippen molar-refractivity contribution in [2.45, 2.75) is 71.9 Å². The van der Waals surface area contributed by atoms with Crippen LogP contribution in [0, 0.1) is 0 Å². The van der Waals surface area contributed by atoms with E-state index >= 15 is 0 Å². The molecule has 0 aromatic heterocycles. The summed E-state index contributed by atoms with van der Waals surface area (Å²) in [6, 6.07) is -0.176. The fraction of sp³-hybridized carbons (Fsp3) is 0.889. The first kappa shape index (κ1) is 22.5. The van der Waals surface area contributed by atoms with Gasteiger partial charge in [-0.15, -0.1) is 0 Å². The van der Waals surface area contributed by atoms with E-state index in [1.54, 1.807) is 11.9 Å². The molecule has 0 aromatic rings. The van der Waals surface area contributed by atoms with E-state index in [1.807, 2.05) is 48.5 Å². The van der Waals surface area contributed by atoms with E-state index in [2.05, 4.69) is 15.6 Å². The van der Waals surface area contributed by atoms with Crippen molar-refractivity contribution in [2.75, 3.05) is 33.4 Å². The lowest BCUT2D eigenvalue weighted by Crippen LogP contribution is -2.54. The molecule has 1 saturated heterocycles. The van der Waals surface area contributed by atoms with Gasteiger partial charge in [0, 0.05) is 26.7 Å². The van der Waals surface area contributed by atoms with Gasteiger partial charge in [0.1, 0.15) is 11.3 Å². The molecule has 1 aliphatic rings. The minimum atomic E-state index is -0.736. The fourth-order valence-electron chi connectivity index (χ4n) is 2.93. The van der Waals surface area contributed by atoms with Crippen molar-refractivity contribution in [1.29, 1.82) is 0 Å². The van der Waals surface area contributed by atoms with Crippen LogP contribution in [0.15, 0.2) is 4.99 Å². The Morgan fingerprint density at radius 3 is 2.50 bits per heavy atom. The number of guanidine groups is 1. The van der Waals surface area contributed by atoms with Gasteiger partial charge in [-0.25, -0.2) is 4.79 Å². The first-order valence-corrected chi connectivity index (χ1v) is 9.24. The molecule has 1 rings (SSSR count). The van der Waals surface area contributed by atoms with Crippen molar-refractivity contribution in [3.63, 3.8) is 0 Å². The van der Waals surface area contributed by atoms with Crippen LogP contribution < -0.4 is 10.6 Å². The third-order valence-electron chi connectivity index (χ3n) is 3.96. The van der Waals surface area contributed by atoms with Crippen molar-refractivity contribution in [2.24, 2.45) is 4.99 Å². The lowest BCUT2D eigenvalue weighted by molar-refractivity contribution is -0.0755. The van der Waals surface area contributed by atoms with E-state index in [0.29, 0.717) is 32.3 Å². The molecule has 0 saturated carbocycles. The second-order valence-electron chi connectivity index (χ2n) is 7.76. The molecule has 8 nitrogen and oxygen atoms in total. The molecule has 1 heterocycles. The van der Waals surface area contributed by atoms with E-state index in [9.17, 15) is 4.79 Å². The average molecular weight is 373 g/mol. The molecule has 152 valence electrons. The first-order chi connectivity index (χ1) is 12.0. The molecule has 1 fully saturated rings. The summed E-state index contributed by atoms with van der Waals surface area (Å²) < 4.78 is 16.9. The lowest BCUT2D eigenvalue weighted by Gasteiger charge is -2.35. The zero-order valence-electron chi connectivity index (χ0n) is 17.5. The second-order valence-corrected chi connectivity index (χ2v) is 7.76. The molecule has 0 aliphatic carbocycles. The number of carbonyl (C=O) groups excluding carboxylic acids is 1. The van der Waals surface area contributed by atoms with Gasteiger partial charge in [-0.1, -0.05) is 0 Å². The van der Waals surface area contributed by atoms with Gasteiger partial charge in [-0.3, -0.25) is 9.89 Å². The van der Waals surface area contributed by atoms with Crippen LogP contribution in [0.25, 0.3) is 0 Å². The fourth-order valence-corrected chi connectivity index (χ4v) is 2.93. The number of carbonyl (C=O) groups is 1. The number of ether oxygens (including phenoxy) is 3.